The number of nitrogens with one attached hydrogen (secondary N) is 1. The van der Waals surface area contributed by atoms with E-state index >= 15 is 0 Å². The number of rotatable bonds is 2. The molecule has 0 spiro atoms. The predicted molar refractivity (Wildman–Crippen MR) is 74.2 cm³/mol. The lowest BCUT2D eigenvalue weighted by atomic mass is 10.3. The molecular weight excluding hydrogens is 252 g/mol. The normalized spacial score (nSPS) is 11.0. The molecule has 0 atom stereocenters. The maximum atomic E-state index is 4.53. The van der Waals surface area contributed by atoms with Gasteiger partial charge < -0.3 is 4.98 Å². The summed E-state index contributed by atoms with van der Waals surface area (Å²) in [6.07, 6.45) is 8.77. The smallest absolute Gasteiger partial charge is 0.180 e. The Balaban J connectivity index is 1.84. The molecule has 4 aromatic heterocycles. The van der Waals surface area contributed by atoms with Crippen molar-refractivity contribution >= 4 is 11.2 Å². The van der Waals surface area contributed by atoms with E-state index in [9.17, 15) is 0 Å². The molecule has 4 rings (SSSR count). The van der Waals surface area contributed by atoms with Gasteiger partial charge >= 0.3 is 0 Å². The third kappa shape index (κ3) is 1.74. The minimum atomic E-state index is 0.683. The molecule has 0 amide bonds. The van der Waals surface area contributed by atoms with E-state index < -0.39 is 0 Å². The molecule has 0 unspecified atom stereocenters. The molecule has 1 N–H and O–H groups in total. The van der Waals surface area contributed by atoms with Gasteiger partial charge in [0.1, 0.15) is 18.0 Å². The molecule has 4 heterocycles. The third-order valence-corrected chi connectivity index (χ3v) is 3.05. The van der Waals surface area contributed by atoms with Crippen LogP contribution in [0.2, 0.25) is 0 Å². The monoisotopic (exact) mass is 262 g/mol. The Kier molecular flexibility index (Phi) is 2.32. The maximum Gasteiger partial charge on any atom is 0.180 e. The van der Waals surface area contributed by atoms with Crippen molar-refractivity contribution in [2.75, 3.05) is 0 Å². The summed E-state index contributed by atoms with van der Waals surface area (Å²) in [4.78, 5) is 20.3. The Morgan fingerprint density at radius 1 is 0.900 bits per heavy atom. The van der Waals surface area contributed by atoms with Crippen LogP contribution >= 0.6 is 0 Å². The second kappa shape index (κ2) is 4.27. The predicted octanol–water partition coefficient (Wildman–Crippen LogP) is 2.21. The van der Waals surface area contributed by atoms with Crippen LogP contribution in [-0.2, 0) is 0 Å². The molecule has 0 aliphatic carbocycles. The Hall–Kier alpha value is -3.02. The van der Waals surface area contributed by atoms with Crippen molar-refractivity contribution in [3.05, 3.63) is 55.4 Å². The quantitative estimate of drug-likeness (QED) is 0.601. The second-order valence-corrected chi connectivity index (χ2v) is 4.33. The van der Waals surface area contributed by atoms with Crippen molar-refractivity contribution in [3.8, 4) is 17.2 Å². The highest BCUT2D eigenvalue weighted by molar-refractivity contribution is 5.76. The van der Waals surface area contributed by atoms with E-state index in [1.165, 1.54) is 0 Å². The average Bonchev–Trinajstić information content (AvgIpc) is 3.16. The van der Waals surface area contributed by atoms with Gasteiger partial charge in [-0.3, -0.25) is 9.55 Å². The van der Waals surface area contributed by atoms with Crippen molar-refractivity contribution in [1.82, 2.24) is 29.5 Å². The third-order valence-electron chi connectivity index (χ3n) is 3.05. The summed E-state index contributed by atoms with van der Waals surface area (Å²) in [6.45, 7) is 0. The standard InChI is InChI=1S/C14H10N6/c1-2-12(20-8-7-16-9-20)18-14-11(1)17-13(19-14)10-3-5-15-6-4-10/h1-9H,(H,17,18,19). The van der Waals surface area contributed by atoms with Gasteiger partial charge in [-0.15, -0.1) is 0 Å². The van der Waals surface area contributed by atoms with Crippen LogP contribution in [-0.4, -0.2) is 29.5 Å². The fourth-order valence-corrected chi connectivity index (χ4v) is 2.07. The van der Waals surface area contributed by atoms with Crippen molar-refractivity contribution in [2.24, 2.45) is 0 Å². The van der Waals surface area contributed by atoms with Crippen LogP contribution in [0, 0.1) is 0 Å². The first-order valence-electron chi connectivity index (χ1n) is 6.16. The molecule has 0 aliphatic rings. The molecule has 4 aromatic rings. The van der Waals surface area contributed by atoms with Gasteiger partial charge in [0.15, 0.2) is 5.65 Å². The fourth-order valence-electron chi connectivity index (χ4n) is 2.07. The van der Waals surface area contributed by atoms with Gasteiger partial charge in [-0.1, -0.05) is 0 Å². The highest BCUT2D eigenvalue weighted by atomic mass is 15.1. The molecule has 0 saturated carbocycles. The number of fused-ring (bicyclic) bond motifs is 1. The van der Waals surface area contributed by atoms with Crippen LogP contribution in [0.15, 0.2) is 55.4 Å². The number of aromatic nitrogens is 6. The molecule has 0 radical (unpaired) electrons. The zero-order valence-corrected chi connectivity index (χ0v) is 10.4. The van der Waals surface area contributed by atoms with Crippen LogP contribution in [0.4, 0.5) is 0 Å². The van der Waals surface area contributed by atoms with E-state index in [1.807, 2.05) is 35.0 Å². The number of pyridine rings is 2. The van der Waals surface area contributed by atoms with E-state index in [0.717, 1.165) is 22.7 Å². The molecule has 6 heteroatoms. The van der Waals surface area contributed by atoms with E-state index in [0.29, 0.717) is 5.65 Å². The van der Waals surface area contributed by atoms with Crippen LogP contribution < -0.4 is 0 Å². The minimum absolute atomic E-state index is 0.683. The number of H-pyrrole nitrogens is 1. The minimum Gasteiger partial charge on any atom is -0.337 e. The average molecular weight is 262 g/mol. The number of imidazole rings is 2. The lowest BCUT2D eigenvalue weighted by Gasteiger charge is -1.98. The Morgan fingerprint density at radius 2 is 1.80 bits per heavy atom. The summed E-state index contributed by atoms with van der Waals surface area (Å²) in [5.74, 6) is 1.58. The fraction of sp³-hybridized carbons (Fsp3) is 0. The summed E-state index contributed by atoms with van der Waals surface area (Å²) in [5.41, 5.74) is 2.57. The zero-order valence-electron chi connectivity index (χ0n) is 10.4. The topological polar surface area (TPSA) is 72.3 Å². The zero-order chi connectivity index (χ0) is 13.4. The molecule has 0 aliphatic heterocycles. The largest absolute Gasteiger partial charge is 0.337 e. The molecule has 6 nitrogen and oxygen atoms in total. The van der Waals surface area contributed by atoms with Gasteiger partial charge in [-0.05, 0) is 24.3 Å². The maximum absolute atomic E-state index is 4.53. The van der Waals surface area contributed by atoms with Gasteiger partial charge in [-0.25, -0.2) is 15.0 Å². The molecule has 96 valence electrons. The van der Waals surface area contributed by atoms with Gasteiger partial charge in [-0.2, -0.15) is 0 Å². The number of hydrogen-bond acceptors (Lipinski definition) is 4. The highest BCUT2D eigenvalue weighted by Gasteiger charge is 2.07. The van der Waals surface area contributed by atoms with Crippen molar-refractivity contribution in [1.29, 1.82) is 0 Å². The Morgan fingerprint density at radius 3 is 2.60 bits per heavy atom. The molecule has 0 fully saturated rings. The highest BCUT2D eigenvalue weighted by Crippen LogP contribution is 2.19. The first-order chi connectivity index (χ1) is 9.90. The van der Waals surface area contributed by atoms with Crippen LogP contribution in [0.25, 0.3) is 28.4 Å². The lowest BCUT2D eigenvalue weighted by Crippen LogP contribution is -1.93. The summed E-state index contributed by atoms with van der Waals surface area (Å²) in [5, 5.41) is 0. The van der Waals surface area contributed by atoms with Crippen LogP contribution in [0.3, 0.4) is 0 Å². The van der Waals surface area contributed by atoms with E-state index in [2.05, 4.69) is 24.9 Å². The van der Waals surface area contributed by atoms with E-state index in [1.54, 1.807) is 24.9 Å². The summed E-state index contributed by atoms with van der Waals surface area (Å²) >= 11 is 0. The number of aromatic amines is 1. The first kappa shape index (κ1) is 10.9. The van der Waals surface area contributed by atoms with Crippen LogP contribution in [0.5, 0.6) is 0 Å². The number of nitrogens with zero attached hydrogens (tertiary/aromatic N) is 5. The molecule has 0 saturated heterocycles. The second-order valence-electron chi connectivity index (χ2n) is 4.33. The van der Waals surface area contributed by atoms with Crippen molar-refractivity contribution < 1.29 is 0 Å². The SMILES string of the molecule is c1cc(-c2nc3nc(-n4ccnc4)ccc3[nH]2)ccn1. The van der Waals surface area contributed by atoms with Crippen molar-refractivity contribution in [3.63, 3.8) is 0 Å². The Bertz CT molecular complexity index is 848. The van der Waals surface area contributed by atoms with Gasteiger partial charge in [0.05, 0.1) is 5.52 Å². The van der Waals surface area contributed by atoms with Gasteiger partial charge in [0.25, 0.3) is 0 Å². The summed E-state index contributed by atoms with van der Waals surface area (Å²) in [7, 11) is 0. The number of hydrogen-bond donors (Lipinski definition) is 1. The van der Waals surface area contributed by atoms with Gasteiger partial charge in [0.2, 0.25) is 0 Å². The Labute approximate surface area is 114 Å². The van der Waals surface area contributed by atoms with Gasteiger partial charge in [0, 0.05) is 30.4 Å². The molecule has 0 aromatic carbocycles. The van der Waals surface area contributed by atoms with E-state index in [-0.39, 0.29) is 0 Å². The first-order valence-corrected chi connectivity index (χ1v) is 6.16. The lowest BCUT2D eigenvalue weighted by molar-refractivity contribution is 1.00. The van der Waals surface area contributed by atoms with E-state index in [4.69, 9.17) is 0 Å². The molecule has 20 heavy (non-hydrogen) atoms. The summed E-state index contributed by atoms with van der Waals surface area (Å²) < 4.78 is 1.85. The molecular formula is C14H10N6. The van der Waals surface area contributed by atoms with Crippen LogP contribution in [0.1, 0.15) is 0 Å². The van der Waals surface area contributed by atoms with Crippen molar-refractivity contribution in [2.45, 2.75) is 0 Å². The molecule has 0 bridgehead atoms. The summed E-state index contributed by atoms with van der Waals surface area (Å²) in [6, 6.07) is 7.72.